The molecular formula is C20H30O9. The fraction of sp³-hybridized carbons (Fsp3) is 0.800. The van der Waals surface area contributed by atoms with Crippen molar-refractivity contribution in [1.82, 2.24) is 0 Å². The van der Waals surface area contributed by atoms with Crippen LogP contribution in [0.5, 0.6) is 0 Å². The molecular weight excluding hydrogens is 384 g/mol. The zero-order chi connectivity index (χ0) is 21.2. The summed E-state index contributed by atoms with van der Waals surface area (Å²) in [5, 5.41) is 0. The van der Waals surface area contributed by atoms with Gasteiger partial charge in [-0.05, 0) is 38.5 Å². The summed E-state index contributed by atoms with van der Waals surface area (Å²) in [6.45, 7) is 0.611. The van der Waals surface area contributed by atoms with Gasteiger partial charge in [0.2, 0.25) is 0 Å². The first kappa shape index (κ1) is 23.1. The number of methoxy groups -OCH3 is 2. The van der Waals surface area contributed by atoms with E-state index in [-0.39, 0.29) is 74.0 Å². The van der Waals surface area contributed by atoms with Crippen molar-refractivity contribution in [2.75, 3.05) is 40.6 Å². The quantitative estimate of drug-likeness (QED) is 0.296. The molecule has 0 aromatic rings. The number of esters is 4. The molecule has 2 saturated carbocycles. The van der Waals surface area contributed by atoms with Gasteiger partial charge in [0.15, 0.2) is 0 Å². The fourth-order valence-electron chi connectivity index (χ4n) is 3.89. The van der Waals surface area contributed by atoms with Gasteiger partial charge in [0.25, 0.3) is 0 Å². The molecule has 164 valence electrons. The zero-order valence-electron chi connectivity index (χ0n) is 17.1. The Balaban J connectivity index is 1.49. The normalized spacial score (nSPS) is 26.0. The Labute approximate surface area is 170 Å². The number of rotatable bonds is 10. The zero-order valence-corrected chi connectivity index (χ0v) is 17.1. The van der Waals surface area contributed by atoms with Gasteiger partial charge in [-0.15, -0.1) is 0 Å². The second kappa shape index (κ2) is 11.7. The van der Waals surface area contributed by atoms with Crippen molar-refractivity contribution in [2.45, 2.75) is 38.5 Å². The number of hydrogen-bond donors (Lipinski definition) is 0. The molecule has 9 heteroatoms. The van der Waals surface area contributed by atoms with Gasteiger partial charge in [0.05, 0.1) is 51.1 Å². The number of carbonyl (C=O) groups is 4. The van der Waals surface area contributed by atoms with Gasteiger partial charge >= 0.3 is 23.9 Å². The second-order valence-electron chi connectivity index (χ2n) is 7.41. The highest BCUT2D eigenvalue weighted by atomic mass is 16.6. The average molecular weight is 414 g/mol. The van der Waals surface area contributed by atoms with Crippen LogP contribution in [-0.4, -0.2) is 64.5 Å². The lowest BCUT2D eigenvalue weighted by Crippen LogP contribution is -2.21. The minimum absolute atomic E-state index is 0.107. The Hall–Kier alpha value is -2.16. The molecule has 29 heavy (non-hydrogen) atoms. The van der Waals surface area contributed by atoms with Crippen LogP contribution < -0.4 is 0 Å². The highest BCUT2D eigenvalue weighted by molar-refractivity contribution is 5.78. The smallest absolute Gasteiger partial charge is 0.309 e. The molecule has 0 spiro atoms. The van der Waals surface area contributed by atoms with Gasteiger partial charge in [-0.3, -0.25) is 19.2 Å². The van der Waals surface area contributed by atoms with Gasteiger partial charge in [0.1, 0.15) is 13.2 Å². The molecule has 0 aromatic heterocycles. The van der Waals surface area contributed by atoms with E-state index < -0.39 is 0 Å². The summed E-state index contributed by atoms with van der Waals surface area (Å²) < 4.78 is 25.1. The lowest BCUT2D eigenvalue weighted by atomic mass is 10.1. The molecule has 2 aliphatic carbocycles. The SMILES string of the molecule is COC(=O)[C@@H]1CC[C@@H](C(=O)OCCOCCOC(=O)[C@H]2CC[C@H](C(=O)OC)C2)C1. The maximum absolute atomic E-state index is 12.0. The largest absolute Gasteiger partial charge is 0.469 e. The van der Waals surface area contributed by atoms with E-state index in [9.17, 15) is 19.2 Å². The van der Waals surface area contributed by atoms with Crippen LogP contribution in [0.15, 0.2) is 0 Å². The van der Waals surface area contributed by atoms with Crippen LogP contribution in [0.4, 0.5) is 0 Å². The van der Waals surface area contributed by atoms with Crippen LogP contribution >= 0.6 is 0 Å². The van der Waals surface area contributed by atoms with Gasteiger partial charge in [-0.2, -0.15) is 0 Å². The summed E-state index contributed by atoms with van der Waals surface area (Å²) in [4.78, 5) is 46.9. The molecule has 0 unspecified atom stereocenters. The van der Waals surface area contributed by atoms with E-state index >= 15 is 0 Å². The molecule has 0 aromatic carbocycles. The van der Waals surface area contributed by atoms with Gasteiger partial charge in [-0.25, -0.2) is 0 Å². The summed E-state index contributed by atoms with van der Waals surface area (Å²) >= 11 is 0. The topological polar surface area (TPSA) is 114 Å². The van der Waals surface area contributed by atoms with Crippen molar-refractivity contribution in [1.29, 1.82) is 0 Å². The van der Waals surface area contributed by atoms with Crippen molar-refractivity contribution in [2.24, 2.45) is 23.7 Å². The van der Waals surface area contributed by atoms with E-state index in [2.05, 4.69) is 0 Å². The molecule has 2 rings (SSSR count). The first-order chi connectivity index (χ1) is 14.0. The molecule has 0 radical (unpaired) electrons. The van der Waals surface area contributed by atoms with Crippen molar-refractivity contribution in [3.63, 3.8) is 0 Å². The molecule has 0 amide bonds. The third kappa shape index (κ3) is 6.99. The average Bonchev–Trinajstić information content (AvgIpc) is 3.41. The third-order valence-corrected chi connectivity index (χ3v) is 5.54. The second-order valence-corrected chi connectivity index (χ2v) is 7.41. The van der Waals surface area contributed by atoms with Crippen molar-refractivity contribution in [3.05, 3.63) is 0 Å². The molecule has 0 saturated heterocycles. The highest BCUT2D eigenvalue weighted by Crippen LogP contribution is 2.33. The van der Waals surface area contributed by atoms with E-state index in [1.54, 1.807) is 0 Å². The summed E-state index contributed by atoms with van der Waals surface area (Å²) in [6, 6.07) is 0. The van der Waals surface area contributed by atoms with Crippen LogP contribution in [0.3, 0.4) is 0 Å². The number of ether oxygens (including phenoxy) is 5. The summed E-state index contributed by atoms with van der Waals surface area (Å²) in [5.41, 5.74) is 0. The van der Waals surface area contributed by atoms with Gasteiger partial charge < -0.3 is 23.7 Å². The molecule has 0 bridgehead atoms. The Morgan fingerprint density at radius 2 is 0.931 bits per heavy atom. The van der Waals surface area contributed by atoms with Gasteiger partial charge in [0, 0.05) is 0 Å². The van der Waals surface area contributed by atoms with E-state index in [1.165, 1.54) is 14.2 Å². The van der Waals surface area contributed by atoms with E-state index in [0.717, 1.165) is 0 Å². The van der Waals surface area contributed by atoms with Crippen molar-refractivity contribution < 1.29 is 42.9 Å². The molecule has 0 N–H and O–H groups in total. The van der Waals surface area contributed by atoms with E-state index in [1.807, 2.05) is 0 Å². The van der Waals surface area contributed by atoms with E-state index in [4.69, 9.17) is 23.7 Å². The molecule has 9 nitrogen and oxygen atoms in total. The summed E-state index contributed by atoms with van der Waals surface area (Å²) in [7, 11) is 2.69. The summed E-state index contributed by atoms with van der Waals surface area (Å²) in [6.07, 6.45) is 3.42. The first-order valence-corrected chi connectivity index (χ1v) is 10.0. The molecule has 0 aliphatic heterocycles. The van der Waals surface area contributed by atoms with Crippen molar-refractivity contribution in [3.8, 4) is 0 Å². The van der Waals surface area contributed by atoms with Crippen LogP contribution in [0, 0.1) is 23.7 Å². The number of carbonyl (C=O) groups excluding carboxylic acids is 4. The predicted molar refractivity (Wildman–Crippen MR) is 98.4 cm³/mol. The van der Waals surface area contributed by atoms with Gasteiger partial charge in [-0.1, -0.05) is 0 Å². The van der Waals surface area contributed by atoms with Crippen LogP contribution in [0.2, 0.25) is 0 Å². The Morgan fingerprint density at radius 1 is 0.586 bits per heavy atom. The Morgan fingerprint density at radius 3 is 1.28 bits per heavy atom. The Bertz CT molecular complexity index is 539. The van der Waals surface area contributed by atoms with Crippen LogP contribution in [-0.2, 0) is 42.9 Å². The maximum Gasteiger partial charge on any atom is 0.309 e. The lowest BCUT2D eigenvalue weighted by molar-refractivity contribution is -0.151. The van der Waals surface area contributed by atoms with Crippen LogP contribution in [0.25, 0.3) is 0 Å². The first-order valence-electron chi connectivity index (χ1n) is 10.0. The number of hydrogen-bond acceptors (Lipinski definition) is 9. The monoisotopic (exact) mass is 414 g/mol. The lowest BCUT2D eigenvalue weighted by Gasteiger charge is -2.12. The fourth-order valence-corrected chi connectivity index (χ4v) is 3.89. The molecule has 2 fully saturated rings. The molecule has 2 aliphatic rings. The highest BCUT2D eigenvalue weighted by Gasteiger charge is 2.36. The standard InChI is InChI=1S/C20H30O9/c1-25-17(21)13-3-5-15(11-13)19(23)28-9-7-27-8-10-29-20(24)16-6-4-14(12-16)18(22)26-2/h13-16H,3-12H2,1-2H3/t13-,14+,15-,16+. The summed E-state index contributed by atoms with van der Waals surface area (Å²) in [5.74, 6) is -2.23. The maximum atomic E-state index is 12.0. The van der Waals surface area contributed by atoms with Crippen molar-refractivity contribution >= 4 is 23.9 Å². The Kier molecular flexibility index (Phi) is 9.37. The predicted octanol–water partition coefficient (Wildman–Crippen LogP) is 1.27. The van der Waals surface area contributed by atoms with E-state index in [0.29, 0.717) is 38.5 Å². The minimum atomic E-state index is -0.326. The minimum Gasteiger partial charge on any atom is -0.469 e. The molecule has 0 heterocycles. The molecule has 4 atom stereocenters. The third-order valence-electron chi connectivity index (χ3n) is 5.54. The van der Waals surface area contributed by atoms with Crippen LogP contribution in [0.1, 0.15) is 38.5 Å².